The summed E-state index contributed by atoms with van der Waals surface area (Å²) in [5, 5.41) is 2.94. The molecule has 6 heteroatoms. The highest BCUT2D eigenvalue weighted by atomic mass is 19.1. The van der Waals surface area contributed by atoms with E-state index in [1.165, 1.54) is 18.2 Å². The molecule has 3 rings (SSSR count). The van der Waals surface area contributed by atoms with Crippen LogP contribution in [0.5, 0.6) is 5.75 Å². The van der Waals surface area contributed by atoms with Gasteiger partial charge in [0.2, 0.25) is 0 Å². The van der Waals surface area contributed by atoms with Gasteiger partial charge in [-0.3, -0.25) is 9.59 Å². The highest BCUT2D eigenvalue weighted by Gasteiger charge is 2.24. The van der Waals surface area contributed by atoms with Crippen molar-refractivity contribution in [1.82, 2.24) is 10.2 Å². The molecule has 2 amide bonds. The number of likely N-dealkylation sites (tertiary alicyclic amines) is 1. The first-order valence-corrected chi connectivity index (χ1v) is 8.64. The molecule has 0 bridgehead atoms. The molecule has 1 aliphatic heterocycles. The van der Waals surface area contributed by atoms with Crippen LogP contribution in [0.25, 0.3) is 0 Å². The highest BCUT2D eigenvalue weighted by Crippen LogP contribution is 2.15. The summed E-state index contributed by atoms with van der Waals surface area (Å²) in [7, 11) is 0. The summed E-state index contributed by atoms with van der Waals surface area (Å²) in [5.41, 5.74) is 0.351. The summed E-state index contributed by atoms with van der Waals surface area (Å²) in [6, 6.07) is 14.9. The Labute approximate surface area is 151 Å². The molecule has 1 fully saturated rings. The molecule has 26 heavy (non-hydrogen) atoms. The van der Waals surface area contributed by atoms with Crippen molar-refractivity contribution in [2.24, 2.45) is 0 Å². The molecule has 0 radical (unpaired) electrons. The third-order valence-electron chi connectivity index (χ3n) is 4.33. The zero-order valence-corrected chi connectivity index (χ0v) is 14.4. The lowest BCUT2D eigenvalue weighted by atomic mass is 10.0. The summed E-state index contributed by atoms with van der Waals surface area (Å²) in [6.07, 6.45) is 1.33. The lowest BCUT2D eigenvalue weighted by molar-refractivity contribution is -0.124. The van der Waals surface area contributed by atoms with E-state index in [9.17, 15) is 14.0 Å². The van der Waals surface area contributed by atoms with Crippen LogP contribution in [-0.2, 0) is 4.79 Å². The molecule has 5 nitrogen and oxygen atoms in total. The monoisotopic (exact) mass is 356 g/mol. The zero-order valence-electron chi connectivity index (χ0n) is 14.4. The number of piperidine rings is 1. The number of rotatable bonds is 5. The Morgan fingerprint density at radius 3 is 2.50 bits per heavy atom. The molecule has 0 spiro atoms. The van der Waals surface area contributed by atoms with Gasteiger partial charge in [-0.05, 0) is 43.2 Å². The second-order valence-electron chi connectivity index (χ2n) is 6.25. The van der Waals surface area contributed by atoms with Crippen LogP contribution in [0.15, 0.2) is 54.6 Å². The van der Waals surface area contributed by atoms with E-state index in [1.54, 1.807) is 23.1 Å². The summed E-state index contributed by atoms with van der Waals surface area (Å²) in [4.78, 5) is 26.1. The van der Waals surface area contributed by atoms with Gasteiger partial charge in [-0.15, -0.1) is 0 Å². The third-order valence-corrected chi connectivity index (χ3v) is 4.33. The lowest BCUT2D eigenvalue weighted by Crippen LogP contribution is -2.47. The van der Waals surface area contributed by atoms with E-state index >= 15 is 0 Å². The number of nitrogens with one attached hydrogen (secondary N) is 1. The molecule has 1 N–H and O–H groups in total. The van der Waals surface area contributed by atoms with Crippen LogP contribution in [0.3, 0.4) is 0 Å². The fourth-order valence-electron chi connectivity index (χ4n) is 2.97. The van der Waals surface area contributed by atoms with E-state index in [-0.39, 0.29) is 24.5 Å². The molecule has 0 aliphatic carbocycles. The van der Waals surface area contributed by atoms with Crippen LogP contribution in [0, 0.1) is 5.82 Å². The topological polar surface area (TPSA) is 58.6 Å². The number of hydrogen-bond acceptors (Lipinski definition) is 3. The van der Waals surface area contributed by atoms with Crippen molar-refractivity contribution in [1.29, 1.82) is 0 Å². The van der Waals surface area contributed by atoms with Gasteiger partial charge in [-0.2, -0.15) is 0 Å². The number of carbonyl (C=O) groups is 2. The van der Waals surface area contributed by atoms with E-state index < -0.39 is 5.82 Å². The van der Waals surface area contributed by atoms with Crippen molar-refractivity contribution in [2.45, 2.75) is 18.9 Å². The predicted octanol–water partition coefficient (Wildman–Crippen LogP) is 2.63. The van der Waals surface area contributed by atoms with Crippen molar-refractivity contribution in [3.63, 3.8) is 0 Å². The first-order chi connectivity index (χ1) is 12.6. The fourth-order valence-corrected chi connectivity index (χ4v) is 2.97. The minimum absolute atomic E-state index is 0.0124. The van der Waals surface area contributed by atoms with Crippen molar-refractivity contribution in [2.75, 3.05) is 19.7 Å². The van der Waals surface area contributed by atoms with Gasteiger partial charge in [-0.25, -0.2) is 4.39 Å². The normalized spacial score (nSPS) is 14.7. The Hall–Kier alpha value is -2.89. The molecule has 2 aromatic rings. The second kappa shape index (κ2) is 8.47. The van der Waals surface area contributed by atoms with Crippen LogP contribution in [0.1, 0.15) is 23.2 Å². The molecule has 1 aliphatic rings. The van der Waals surface area contributed by atoms with Gasteiger partial charge in [0, 0.05) is 24.7 Å². The van der Waals surface area contributed by atoms with Crippen molar-refractivity contribution < 1.29 is 18.7 Å². The number of ether oxygens (including phenoxy) is 1. The predicted molar refractivity (Wildman–Crippen MR) is 95.4 cm³/mol. The quantitative estimate of drug-likeness (QED) is 0.896. The number of halogens is 1. The van der Waals surface area contributed by atoms with E-state index in [0.717, 1.165) is 0 Å². The second-order valence-corrected chi connectivity index (χ2v) is 6.25. The number of para-hydroxylation sites is 1. The maximum Gasteiger partial charge on any atom is 0.258 e. The lowest BCUT2D eigenvalue weighted by Gasteiger charge is -2.32. The summed E-state index contributed by atoms with van der Waals surface area (Å²) in [6.45, 7) is 1.02. The van der Waals surface area contributed by atoms with E-state index in [0.29, 0.717) is 37.2 Å². The van der Waals surface area contributed by atoms with Gasteiger partial charge >= 0.3 is 0 Å². The maximum atomic E-state index is 13.3. The summed E-state index contributed by atoms with van der Waals surface area (Å²) in [5.74, 6) is -0.125. The first kappa shape index (κ1) is 17.9. The molecule has 0 unspecified atom stereocenters. The first-order valence-electron chi connectivity index (χ1n) is 8.64. The van der Waals surface area contributed by atoms with Crippen molar-refractivity contribution >= 4 is 11.8 Å². The van der Waals surface area contributed by atoms with Gasteiger partial charge in [0.05, 0.1) is 0 Å². The molecule has 0 aromatic heterocycles. The van der Waals surface area contributed by atoms with Crippen molar-refractivity contribution in [3.8, 4) is 5.75 Å². The fraction of sp³-hybridized carbons (Fsp3) is 0.300. The van der Waals surface area contributed by atoms with Crippen LogP contribution in [0.2, 0.25) is 0 Å². The summed E-state index contributed by atoms with van der Waals surface area (Å²) >= 11 is 0. The molecule has 0 saturated carbocycles. The largest absolute Gasteiger partial charge is 0.484 e. The zero-order chi connectivity index (χ0) is 18.4. The Kier molecular flexibility index (Phi) is 5.84. The minimum atomic E-state index is -0.420. The smallest absolute Gasteiger partial charge is 0.258 e. The molecule has 1 heterocycles. The van der Waals surface area contributed by atoms with Crippen LogP contribution >= 0.6 is 0 Å². The Bertz CT molecular complexity index is 759. The van der Waals surface area contributed by atoms with Crippen LogP contribution in [0.4, 0.5) is 4.39 Å². The van der Waals surface area contributed by atoms with Gasteiger partial charge in [-0.1, -0.05) is 24.3 Å². The number of hydrogen-bond donors (Lipinski definition) is 1. The molecule has 136 valence electrons. The number of benzene rings is 2. The number of amides is 2. The maximum absolute atomic E-state index is 13.3. The van der Waals surface area contributed by atoms with Gasteiger partial charge < -0.3 is 15.0 Å². The molecule has 1 saturated heterocycles. The Morgan fingerprint density at radius 2 is 1.81 bits per heavy atom. The van der Waals surface area contributed by atoms with E-state index in [1.807, 2.05) is 18.2 Å². The SMILES string of the molecule is O=C(COc1ccccc1)NC1CCN(C(=O)c2cccc(F)c2)CC1. The van der Waals surface area contributed by atoms with Crippen LogP contribution in [-0.4, -0.2) is 42.5 Å². The Morgan fingerprint density at radius 1 is 1.08 bits per heavy atom. The Balaban J connectivity index is 1.43. The summed E-state index contributed by atoms with van der Waals surface area (Å²) < 4.78 is 18.7. The van der Waals surface area contributed by atoms with Gasteiger partial charge in [0.25, 0.3) is 11.8 Å². The molecule has 2 aromatic carbocycles. The molecule has 0 atom stereocenters. The van der Waals surface area contributed by atoms with Gasteiger partial charge in [0.15, 0.2) is 6.61 Å². The highest BCUT2D eigenvalue weighted by molar-refractivity contribution is 5.94. The average Bonchev–Trinajstić information content (AvgIpc) is 2.67. The molecular formula is C20H21FN2O3. The number of nitrogens with zero attached hydrogens (tertiary/aromatic N) is 1. The van der Waals surface area contributed by atoms with E-state index in [4.69, 9.17) is 4.74 Å². The average molecular weight is 356 g/mol. The van der Waals surface area contributed by atoms with Crippen LogP contribution < -0.4 is 10.1 Å². The standard InChI is InChI=1S/C20H21FN2O3/c21-16-6-4-5-15(13-16)20(25)23-11-9-17(10-12-23)22-19(24)14-26-18-7-2-1-3-8-18/h1-8,13,17H,9-12,14H2,(H,22,24). The van der Waals surface area contributed by atoms with E-state index in [2.05, 4.69) is 5.32 Å². The number of carbonyl (C=O) groups excluding carboxylic acids is 2. The van der Waals surface area contributed by atoms with Gasteiger partial charge in [0.1, 0.15) is 11.6 Å². The molecular weight excluding hydrogens is 335 g/mol. The van der Waals surface area contributed by atoms with Crippen molar-refractivity contribution in [3.05, 3.63) is 66.0 Å². The minimum Gasteiger partial charge on any atom is -0.484 e. The third kappa shape index (κ3) is 4.81.